The molecule has 0 saturated carbocycles. The maximum Gasteiger partial charge on any atom is 0.182 e. The Morgan fingerprint density at radius 3 is 2.52 bits per heavy atom. The lowest BCUT2D eigenvalue weighted by Gasteiger charge is -2.35. The lowest BCUT2D eigenvalue weighted by Crippen LogP contribution is -2.31. The molecule has 1 N–H and O–H groups in total. The van der Waals surface area contributed by atoms with Gasteiger partial charge in [0.2, 0.25) is 0 Å². The fourth-order valence-corrected chi connectivity index (χ4v) is 5.00. The maximum atomic E-state index is 13.4. The molecule has 0 saturated heterocycles. The van der Waals surface area contributed by atoms with Gasteiger partial charge in [-0.2, -0.15) is 5.10 Å². The van der Waals surface area contributed by atoms with Crippen LogP contribution < -0.4 is 5.32 Å². The topological polar surface area (TPSA) is 42.7 Å². The summed E-state index contributed by atoms with van der Waals surface area (Å²) in [6.07, 6.45) is 3.70. The molecule has 1 unspecified atom stereocenters. The van der Waals surface area contributed by atoms with Crippen LogP contribution in [0.5, 0.6) is 0 Å². The molecule has 166 valence electrons. The average molecular weight is 457 g/mol. The zero-order chi connectivity index (χ0) is 22.8. The second-order valence-corrected chi connectivity index (χ2v) is 9.77. The van der Waals surface area contributed by atoms with Gasteiger partial charge in [-0.15, -0.1) is 11.3 Å². The van der Waals surface area contributed by atoms with Gasteiger partial charge in [-0.05, 0) is 52.9 Å². The molecule has 2 aromatic heterocycles. The molecular formula is C27H25FN4S. The number of rotatable bonds is 7. The van der Waals surface area contributed by atoms with Gasteiger partial charge in [-0.3, -0.25) is 0 Å². The molecule has 3 aromatic carbocycles. The Labute approximate surface area is 196 Å². The number of halogens is 1. The predicted molar refractivity (Wildman–Crippen MR) is 134 cm³/mol. The highest BCUT2D eigenvalue weighted by atomic mass is 32.1. The second kappa shape index (κ2) is 8.79. The Balaban J connectivity index is 1.53. The van der Waals surface area contributed by atoms with Crippen molar-refractivity contribution in [2.75, 3.05) is 11.9 Å². The molecule has 0 bridgehead atoms. The maximum absolute atomic E-state index is 13.4. The van der Waals surface area contributed by atoms with Crippen LogP contribution in [0.3, 0.4) is 0 Å². The SMILES string of the molecule is CC(C)(CNc1nccs1)C(c1ccccc1)c1ccc2c(cnn2-c2ccc(F)cc2)c1. The van der Waals surface area contributed by atoms with E-state index in [9.17, 15) is 4.39 Å². The number of hydrogen-bond acceptors (Lipinski definition) is 4. The van der Waals surface area contributed by atoms with Crippen LogP contribution in [0.15, 0.2) is 90.6 Å². The van der Waals surface area contributed by atoms with Crippen molar-refractivity contribution < 1.29 is 4.39 Å². The Morgan fingerprint density at radius 2 is 1.79 bits per heavy atom. The number of thiazole rings is 1. The number of anilines is 1. The Morgan fingerprint density at radius 1 is 1.00 bits per heavy atom. The van der Waals surface area contributed by atoms with Gasteiger partial charge in [0.25, 0.3) is 0 Å². The van der Waals surface area contributed by atoms with Crippen LogP contribution in [0.25, 0.3) is 16.6 Å². The monoisotopic (exact) mass is 456 g/mol. The van der Waals surface area contributed by atoms with Crippen LogP contribution in [0, 0.1) is 11.2 Å². The summed E-state index contributed by atoms with van der Waals surface area (Å²) in [6.45, 7) is 5.36. The van der Waals surface area contributed by atoms with E-state index in [0.29, 0.717) is 0 Å². The van der Waals surface area contributed by atoms with Crippen molar-refractivity contribution in [1.82, 2.24) is 14.8 Å². The minimum atomic E-state index is -0.253. The van der Waals surface area contributed by atoms with E-state index in [0.717, 1.165) is 28.3 Å². The number of fused-ring (bicyclic) bond motifs is 1. The van der Waals surface area contributed by atoms with Crippen molar-refractivity contribution in [3.05, 3.63) is 108 Å². The Hall–Kier alpha value is -3.51. The molecule has 4 nitrogen and oxygen atoms in total. The predicted octanol–water partition coefficient (Wildman–Crippen LogP) is 6.89. The molecule has 5 rings (SSSR count). The molecule has 0 aliphatic heterocycles. The Bertz CT molecular complexity index is 1340. The molecule has 0 aliphatic rings. The van der Waals surface area contributed by atoms with E-state index in [1.807, 2.05) is 22.5 Å². The quantitative estimate of drug-likeness (QED) is 0.290. The summed E-state index contributed by atoms with van der Waals surface area (Å²) >= 11 is 1.61. The van der Waals surface area contributed by atoms with Crippen molar-refractivity contribution >= 4 is 27.4 Å². The third-order valence-electron chi connectivity index (χ3n) is 6.04. The van der Waals surface area contributed by atoms with Gasteiger partial charge in [0.05, 0.1) is 17.4 Å². The minimum absolute atomic E-state index is 0.0896. The number of nitrogens with zero attached hydrogens (tertiary/aromatic N) is 3. The molecule has 0 amide bonds. The fourth-order valence-electron chi connectivity index (χ4n) is 4.48. The highest BCUT2D eigenvalue weighted by Gasteiger charge is 2.32. The number of nitrogens with one attached hydrogen (secondary N) is 1. The second-order valence-electron chi connectivity index (χ2n) is 8.87. The fraction of sp³-hybridized carbons (Fsp3) is 0.185. The summed E-state index contributed by atoms with van der Waals surface area (Å²) in [6, 6.07) is 23.6. The van der Waals surface area contributed by atoms with E-state index in [4.69, 9.17) is 0 Å². The van der Waals surface area contributed by atoms with E-state index in [1.165, 1.54) is 23.3 Å². The summed E-state index contributed by atoms with van der Waals surface area (Å²) in [5, 5.41) is 12.1. The first-order chi connectivity index (χ1) is 16.0. The largest absolute Gasteiger partial charge is 0.361 e. The van der Waals surface area contributed by atoms with Gasteiger partial charge in [-0.25, -0.2) is 14.1 Å². The van der Waals surface area contributed by atoms with Gasteiger partial charge in [-0.1, -0.05) is 50.2 Å². The van der Waals surface area contributed by atoms with Gasteiger partial charge >= 0.3 is 0 Å². The molecule has 0 radical (unpaired) electrons. The van der Waals surface area contributed by atoms with Crippen molar-refractivity contribution in [3.63, 3.8) is 0 Å². The van der Waals surface area contributed by atoms with Crippen LogP contribution in [0.1, 0.15) is 30.9 Å². The average Bonchev–Trinajstić information content (AvgIpc) is 3.49. The van der Waals surface area contributed by atoms with Crippen LogP contribution in [0.2, 0.25) is 0 Å². The molecular weight excluding hydrogens is 431 g/mol. The summed E-state index contributed by atoms with van der Waals surface area (Å²) in [5.41, 5.74) is 4.25. The van der Waals surface area contributed by atoms with Crippen molar-refractivity contribution in [1.29, 1.82) is 0 Å². The standard InChI is InChI=1S/C27H25FN4S/c1-27(2,18-30-26-29-14-15-33-26)25(19-6-4-3-5-7-19)20-8-13-24-21(16-20)17-31-32(24)23-11-9-22(28)10-12-23/h3-17,25H,18H2,1-2H3,(H,29,30). The molecule has 33 heavy (non-hydrogen) atoms. The number of hydrogen-bond donors (Lipinski definition) is 1. The zero-order valence-electron chi connectivity index (χ0n) is 18.6. The molecule has 1 atom stereocenters. The molecule has 5 aromatic rings. The van der Waals surface area contributed by atoms with Crippen LogP contribution in [0.4, 0.5) is 9.52 Å². The first-order valence-corrected chi connectivity index (χ1v) is 11.8. The van der Waals surface area contributed by atoms with Crippen LogP contribution >= 0.6 is 11.3 Å². The number of benzene rings is 3. The summed E-state index contributed by atoms with van der Waals surface area (Å²) in [4.78, 5) is 4.37. The third-order valence-corrected chi connectivity index (χ3v) is 6.77. The van der Waals surface area contributed by atoms with Gasteiger partial charge in [0, 0.05) is 29.4 Å². The van der Waals surface area contributed by atoms with Crippen molar-refractivity contribution in [3.8, 4) is 5.69 Å². The summed E-state index contributed by atoms with van der Waals surface area (Å²) in [7, 11) is 0. The van der Waals surface area contributed by atoms with Gasteiger partial charge in [0.1, 0.15) is 5.82 Å². The van der Waals surface area contributed by atoms with E-state index >= 15 is 0 Å². The third kappa shape index (κ3) is 4.39. The Kier molecular flexibility index (Phi) is 5.68. The van der Waals surface area contributed by atoms with Gasteiger partial charge < -0.3 is 5.32 Å². The normalized spacial score (nSPS) is 12.7. The van der Waals surface area contributed by atoms with E-state index < -0.39 is 0 Å². The van der Waals surface area contributed by atoms with Crippen molar-refractivity contribution in [2.45, 2.75) is 19.8 Å². The van der Waals surface area contributed by atoms with E-state index in [-0.39, 0.29) is 17.2 Å². The highest BCUT2D eigenvalue weighted by Crippen LogP contribution is 2.42. The lowest BCUT2D eigenvalue weighted by atomic mass is 9.71. The lowest BCUT2D eigenvalue weighted by molar-refractivity contribution is 0.340. The van der Waals surface area contributed by atoms with E-state index in [2.05, 4.69) is 77.8 Å². The molecule has 0 aliphatic carbocycles. The minimum Gasteiger partial charge on any atom is -0.361 e. The summed E-state index contributed by atoms with van der Waals surface area (Å²) in [5.74, 6) is -0.0819. The molecule has 2 heterocycles. The molecule has 0 fully saturated rings. The van der Waals surface area contributed by atoms with Crippen LogP contribution in [-0.2, 0) is 0 Å². The first kappa shape index (κ1) is 21.3. The smallest absolute Gasteiger partial charge is 0.182 e. The van der Waals surface area contributed by atoms with E-state index in [1.54, 1.807) is 23.5 Å². The number of aromatic nitrogens is 3. The molecule has 6 heteroatoms. The van der Waals surface area contributed by atoms with Crippen LogP contribution in [-0.4, -0.2) is 21.3 Å². The molecule has 0 spiro atoms. The van der Waals surface area contributed by atoms with Gasteiger partial charge in [0.15, 0.2) is 5.13 Å². The summed E-state index contributed by atoms with van der Waals surface area (Å²) < 4.78 is 15.2. The first-order valence-electron chi connectivity index (χ1n) is 10.9. The van der Waals surface area contributed by atoms with Crippen molar-refractivity contribution in [2.24, 2.45) is 5.41 Å². The highest BCUT2D eigenvalue weighted by molar-refractivity contribution is 7.13. The zero-order valence-corrected chi connectivity index (χ0v) is 19.4.